The number of ether oxygens (including phenoxy) is 1. The number of amides is 1. The van der Waals surface area contributed by atoms with Gasteiger partial charge in [0.1, 0.15) is 5.82 Å². The average Bonchev–Trinajstić information content (AvgIpc) is 2.72. The van der Waals surface area contributed by atoms with Crippen molar-refractivity contribution in [2.75, 3.05) is 6.61 Å². The van der Waals surface area contributed by atoms with Crippen molar-refractivity contribution in [3.05, 3.63) is 66.6 Å². The van der Waals surface area contributed by atoms with E-state index < -0.39 is 5.91 Å². The van der Waals surface area contributed by atoms with Gasteiger partial charge in [-0.25, -0.2) is 4.98 Å². The third-order valence-electron chi connectivity index (χ3n) is 4.59. The predicted molar refractivity (Wildman–Crippen MR) is 127 cm³/mol. The average molecular weight is 526 g/mol. The predicted octanol–water partition coefficient (Wildman–Crippen LogP) is 4.73. The minimum atomic E-state index is -0.648. The zero-order valence-corrected chi connectivity index (χ0v) is 19.8. The Labute approximate surface area is 196 Å². The fourth-order valence-electron chi connectivity index (χ4n) is 2.84. The summed E-state index contributed by atoms with van der Waals surface area (Å²) in [5.41, 5.74) is 5.95. The fourth-order valence-corrected chi connectivity index (χ4v) is 3.81. The molecule has 0 saturated carbocycles. The van der Waals surface area contributed by atoms with E-state index in [1.165, 1.54) is 10.9 Å². The molecule has 31 heavy (non-hydrogen) atoms. The zero-order chi connectivity index (χ0) is 22.7. The smallest absolute Gasteiger partial charge is 0.282 e. The van der Waals surface area contributed by atoms with Crippen LogP contribution in [0, 0.1) is 0 Å². The van der Waals surface area contributed by atoms with Crippen LogP contribution in [0.5, 0.6) is 5.75 Å². The number of hydrogen-bond acceptors (Lipinski definition) is 5. The lowest BCUT2D eigenvalue weighted by Gasteiger charge is -2.14. The van der Waals surface area contributed by atoms with E-state index in [9.17, 15) is 9.59 Å². The summed E-state index contributed by atoms with van der Waals surface area (Å²) in [5.74, 6) is 0.0611. The molecule has 1 amide bonds. The molecule has 1 heterocycles. The van der Waals surface area contributed by atoms with Crippen LogP contribution in [-0.4, -0.2) is 28.4 Å². The van der Waals surface area contributed by atoms with Gasteiger partial charge in [-0.1, -0.05) is 53.0 Å². The van der Waals surface area contributed by atoms with Crippen LogP contribution in [0.3, 0.4) is 0 Å². The van der Waals surface area contributed by atoms with E-state index in [2.05, 4.69) is 26.0 Å². The lowest BCUT2D eigenvalue weighted by Crippen LogP contribution is -2.23. The molecule has 0 spiro atoms. The summed E-state index contributed by atoms with van der Waals surface area (Å²) in [6.07, 6.45) is 2.25. The standard InChI is InChI=1S/C21H19BrCl2N4O3/c1-3-11(2)20-27-17-5-4-13(22)8-14(17)21(30)28(20)26-9-12-6-15(23)19(16(24)7-12)31-10-18(25)29/h4-9,11H,3,10H2,1-2H3,(H2,25,29)/t11-/m0/s1. The number of benzene rings is 2. The van der Waals surface area contributed by atoms with Crippen LogP contribution in [0.15, 0.2) is 44.7 Å². The largest absolute Gasteiger partial charge is 0.481 e. The number of aromatic nitrogens is 2. The van der Waals surface area contributed by atoms with Gasteiger partial charge in [0.05, 0.1) is 27.2 Å². The summed E-state index contributed by atoms with van der Waals surface area (Å²) in [7, 11) is 0. The van der Waals surface area contributed by atoms with E-state index >= 15 is 0 Å². The number of nitrogens with zero attached hydrogens (tertiary/aromatic N) is 3. The molecule has 0 aliphatic rings. The number of carbonyl (C=O) groups is 1. The summed E-state index contributed by atoms with van der Waals surface area (Å²) in [4.78, 5) is 28.7. The number of rotatable bonds is 7. The minimum Gasteiger partial charge on any atom is -0.481 e. The maximum absolute atomic E-state index is 13.2. The molecule has 7 nitrogen and oxygen atoms in total. The molecule has 3 rings (SSSR count). The van der Waals surface area contributed by atoms with Crippen LogP contribution in [0.25, 0.3) is 10.9 Å². The molecular formula is C21H19BrCl2N4O3. The lowest BCUT2D eigenvalue weighted by molar-refractivity contribution is -0.119. The number of hydrogen-bond donors (Lipinski definition) is 1. The number of fused-ring (bicyclic) bond motifs is 1. The van der Waals surface area contributed by atoms with Gasteiger partial charge < -0.3 is 10.5 Å². The second kappa shape index (κ2) is 9.80. The van der Waals surface area contributed by atoms with Crippen LogP contribution in [0.2, 0.25) is 10.0 Å². The number of nitrogens with two attached hydrogens (primary N) is 1. The third kappa shape index (κ3) is 5.26. The molecule has 2 N–H and O–H groups in total. The molecule has 0 aliphatic carbocycles. The second-order valence-electron chi connectivity index (χ2n) is 6.87. The molecule has 0 fully saturated rings. The maximum atomic E-state index is 13.2. The Morgan fingerprint density at radius 1 is 1.32 bits per heavy atom. The molecule has 1 aromatic heterocycles. The van der Waals surface area contributed by atoms with Crippen molar-refractivity contribution in [2.24, 2.45) is 10.8 Å². The number of carbonyl (C=O) groups excluding carboxylic acids is 1. The minimum absolute atomic E-state index is 0.00893. The van der Waals surface area contributed by atoms with Gasteiger partial charge in [0, 0.05) is 10.4 Å². The first-order valence-corrected chi connectivity index (χ1v) is 10.9. The molecule has 162 valence electrons. The van der Waals surface area contributed by atoms with Crippen LogP contribution in [0.4, 0.5) is 0 Å². The highest BCUT2D eigenvalue weighted by atomic mass is 79.9. The zero-order valence-electron chi connectivity index (χ0n) is 16.7. The topological polar surface area (TPSA) is 99.6 Å². The van der Waals surface area contributed by atoms with E-state index in [0.717, 1.165) is 10.9 Å². The molecule has 0 aliphatic heterocycles. The van der Waals surface area contributed by atoms with Crippen molar-refractivity contribution in [3.8, 4) is 5.75 Å². The highest BCUT2D eigenvalue weighted by molar-refractivity contribution is 9.10. The van der Waals surface area contributed by atoms with Gasteiger partial charge in [-0.3, -0.25) is 9.59 Å². The molecule has 2 aromatic carbocycles. The van der Waals surface area contributed by atoms with Crippen LogP contribution < -0.4 is 16.0 Å². The first kappa shape index (κ1) is 23.2. The monoisotopic (exact) mass is 524 g/mol. The summed E-state index contributed by atoms with van der Waals surface area (Å²) in [6, 6.07) is 8.48. The highest BCUT2D eigenvalue weighted by Gasteiger charge is 2.16. The fraction of sp³-hybridized carbons (Fsp3) is 0.238. The second-order valence-corrected chi connectivity index (χ2v) is 8.60. The Bertz CT molecular complexity index is 1220. The van der Waals surface area contributed by atoms with E-state index in [-0.39, 0.29) is 33.9 Å². The van der Waals surface area contributed by atoms with Crippen molar-refractivity contribution in [2.45, 2.75) is 26.2 Å². The van der Waals surface area contributed by atoms with Crippen molar-refractivity contribution in [1.29, 1.82) is 0 Å². The van der Waals surface area contributed by atoms with Gasteiger partial charge in [-0.2, -0.15) is 9.78 Å². The Morgan fingerprint density at radius 2 is 2.00 bits per heavy atom. The van der Waals surface area contributed by atoms with Crippen LogP contribution in [0.1, 0.15) is 37.6 Å². The third-order valence-corrected chi connectivity index (χ3v) is 5.64. The maximum Gasteiger partial charge on any atom is 0.282 e. The van der Waals surface area contributed by atoms with Crippen LogP contribution >= 0.6 is 39.1 Å². The van der Waals surface area contributed by atoms with Crippen LogP contribution in [-0.2, 0) is 4.79 Å². The summed E-state index contributed by atoms with van der Waals surface area (Å²) >= 11 is 15.8. The highest BCUT2D eigenvalue weighted by Crippen LogP contribution is 2.33. The Balaban J connectivity index is 2.07. The molecule has 0 saturated heterocycles. The molecule has 10 heteroatoms. The first-order valence-electron chi connectivity index (χ1n) is 9.38. The lowest BCUT2D eigenvalue weighted by atomic mass is 10.1. The van der Waals surface area contributed by atoms with Gasteiger partial charge in [-0.05, 0) is 42.3 Å². The molecule has 3 aromatic rings. The van der Waals surface area contributed by atoms with E-state index in [4.69, 9.17) is 33.7 Å². The molecule has 1 atom stereocenters. The Morgan fingerprint density at radius 3 is 2.61 bits per heavy atom. The van der Waals surface area contributed by atoms with E-state index in [1.807, 2.05) is 19.9 Å². The quantitative estimate of drug-likeness (QED) is 0.451. The Hall–Kier alpha value is -2.42. The number of primary amides is 1. The van der Waals surface area contributed by atoms with Gasteiger partial charge >= 0.3 is 0 Å². The number of halogens is 3. The summed E-state index contributed by atoms with van der Waals surface area (Å²) < 4.78 is 7.31. The van der Waals surface area contributed by atoms with Gasteiger partial charge in [0.25, 0.3) is 11.5 Å². The normalized spacial score (nSPS) is 12.4. The van der Waals surface area contributed by atoms with Crippen molar-refractivity contribution in [1.82, 2.24) is 9.66 Å². The Kier molecular flexibility index (Phi) is 7.35. The van der Waals surface area contributed by atoms with Crippen molar-refractivity contribution in [3.63, 3.8) is 0 Å². The summed E-state index contributed by atoms with van der Waals surface area (Å²) in [5, 5.41) is 5.20. The molecular weight excluding hydrogens is 507 g/mol. The van der Waals surface area contributed by atoms with E-state index in [1.54, 1.807) is 24.3 Å². The van der Waals surface area contributed by atoms with Gasteiger partial charge in [0.15, 0.2) is 12.4 Å². The van der Waals surface area contributed by atoms with Gasteiger partial charge in [0.2, 0.25) is 0 Å². The van der Waals surface area contributed by atoms with Gasteiger partial charge in [-0.15, -0.1) is 0 Å². The summed E-state index contributed by atoms with van der Waals surface area (Å²) in [6.45, 7) is 3.65. The van der Waals surface area contributed by atoms with E-state index in [0.29, 0.717) is 22.3 Å². The molecule has 0 bridgehead atoms. The molecule has 0 unspecified atom stereocenters. The van der Waals surface area contributed by atoms with Crippen molar-refractivity contribution >= 4 is 62.2 Å². The SMILES string of the molecule is CC[C@H](C)c1nc2ccc(Br)cc2c(=O)n1N=Cc1cc(Cl)c(OCC(N)=O)c(Cl)c1. The molecule has 0 radical (unpaired) electrons. The first-order chi connectivity index (χ1) is 14.7. The van der Waals surface area contributed by atoms with Crippen molar-refractivity contribution < 1.29 is 9.53 Å².